The predicted octanol–water partition coefficient (Wildman–Crippen LogP) is 2.74. The lowest BCUT2D eigenvalue weighted by molar-refractivity contribution is -0.138. The van der Waals surface area contributed by atoms with Gasteiger partial charge in [0.2, 0.25) is 5.91 Å². The largest absolute Gasteiger partial charge is 0.481 e. The van der Waals surface area contributed by atoms with Crippen LogP contribution >= 0.6 is 11.8 Å². The average molecular weight is 346 g/mol. The van der Waals surface area contributed by atoms with Gasteiger partial charge in [-0.05, 0) is 25.5 Å². The van der Waals surface area contributed by atoms with Gasteiger partial charge in [0.05, 0.1) is 11.4 Å². The molecule has 7 heteroatoms. The molecule has 0 fully saturated rings. The number of rotatable bonds is 5. The zero-order chi connectivity index (χ0) is 17.3. The summed E-state index contributed by atoms with van der Waals surface area (Å²) in [5.41, 5.74) is 3.25. The molecule has 3 rings (SSSR count). The van der Waals surface area contributed by atoms with Crippen molar-refractivity contribution >= 4 is 29.3 Å². The molecular weight excluding hydrogens is 328 g/mol. The minimum atomic E-state index is -0.902. The molecule has 6 nitrogen and oxygen atoms in total. The molecule has 1 aromatic carbocycles. The van der Waals surface area contributed by atoms with E-state index in [2.05, 4.69) is 5.16 Å². The molecule has 0 saturated carbocycles. The van der Waals surface area contributed by atoms with Crippen LogP contribution in [0.1, 0.15) is 28.5 Å². The van der Waals surface area contributed by atoms with Gasteiger partial charge >= 0.3 is 5.97 Å². The molecule has 1 unspecified atom stereocenters. The summed E-state index contributed by atoms with van der Waals surface area (Å²) in [4.78, 5) is 25.5. The highest BCUT2D eigenvalue weighted by Crippen LogP contribution is 2.36. The predicted molar refractivity (Wildman–Crippen MR) is 91.3 cm³/mol. The van der Waals surface area contributed by atoms with Gasteiger partial charge in [-0.3, -0.25) is 9.59 Å². The first-order chi connectivity index (χ1) is 11.5. The van der Waals surface area contributed by atoms with Gasteiger partial charge in [0, 0.05) is 23.5 Å². The minimum Gasteiger partial charge on any atom is -0.481 e. The second-order valence-corrected chi connectivity index (χ2v) is 6.74. The summed E-state index contributed by atoms with van der Waals surface area (Å²) in [6.07, 6.45) is 0. The van der Waals surface area contributed by atoms with Crippen LogP contribution in [0.5, 0.6) is 0 Å². The third-order valence-corrected chi connectivity index (χ3v) is 5.16. The number of carbonyl (C=O) groups is 2. The lowest BCUT2D eigenvalue weighted by Gasteiger charge is -2.17. The van der Waals surface area contributed by atoms with E-state index in [1.54, 1.807) is 23.1 Å². The fraction of sp³-hybridized carbons (Fsp3) is 0.353. The molecule has 0 saturated heterocycles. The van der Waals surface area contributed by atoms with Gasteiger partial charge < -0.3 is 14.5 Å². The summed E-state index contributed by atoms with van der Waals surface area (Å²) >= 11 is 1.48. The van der Waals surface area contributed by atoms with Crippen molar-refractivity contribution in [1.82, 2.24) is 5.16 Å². The fourth-order valence-electron chi connectivity index (χ4n) is 2.88. The summed E-state index contributed by atoms with van der Waals surface area (Å²) in [5, 5.41) is 13.3. The number of nitrogens with zero attached hydrogens (tertiary/aromatic N) is 2. The van der Waals surface area contributed by atoms with Crippen molar-refractivity contribution < 1.29 is 19.2 Å². The lowest BCUT2D eigenvalue weighted by atomic mass is 10.0. The molecule has 1 aliphatic rings. The SMILES string of the molecule is Cc1noc(C)c1CSCC(=O)N1CC(C(=O)O)c2ccccc21. The smallest absolute Gasteiger partial charge is 0.312 e. The van der Waals surface area contributed by atoms with E-state index in [1.165, 1.54) is 11.8 Å². The topological polar surface area (TPSA) is 83.6 Å². The Bertz CT molecular complexity index is 767. The van der Waals surface area contributed by atoms with Crippen LogP contribution in [-0.2, 0) is 15.3 Å². The number of aryl methyl sites for hydroxylation is 2. The number of anilines is 1. The highest BCUT2D eigenvalue weighted by Gasteiger charge is 2.36. The van der Waals surface area contributed by atoms with Gasteiger partial charge in [-0.15, -0.1) is 11.8 Å². The van der Waals surface area contributed by atoms with Gasteiger partial charge in [-0.25, -0.2) is 0 Å². The van der Waals surface area contributed by atoms with Gasteiger partial charge in [-0.1, -0.05) is 23.4 Å². The van der Waals surface area contributed by atoms with Crippen LogP contribution in [0.4, 0.5) is 5.69 Å². The second kappa shape index (κ2) is 6.68. The third-order valence-electron chi connectivity index (χ3n) is 4.22. The van der Waals surface area contributed by atoms with Gasteiger partial charge in [0.25, 0.3) is 0 Å². The number of carboxylic acids is 1. The molecule has 0 radical (unpaired) electrons. The van der Waals surface area contributed by atoms with Gasteiger partial charge in [-0.2, -0.15) is 0 Å². The molecule has 1 N–H and O–H groups in total. The normalized spacial score (nSPS) is 16.2. The first-order valence-corrected chi connectivity index (χ1v) is 8.76. The number of aliphatic carboxylic acids is 1. The van der Waals surface area contributed by atoms with E-state index in [0.29, 0.717) is 17.0 Å². The number of hydrogen-bond acceptors (Lipinski definition) is 5. The van der Waals surface area contributed by atoms with Crippen molar-refractivity contribution in [2.45, 2.75) is 25.5 Å². The fourth-order valence-corrected chi connectivity index (χ4v) is 3.93. The third kappa shape index (κ3) is 3.03. The van der Waals surface area contributed by atoms with E-state index in [-0.39, 0.29) is 18.2 Å². The summed E-state index contributed by atoms with van der Waals surface area (Å²) in [6, 6.07) is 7.20. The number of fused-ring (bicyclic) bond motifs is 1. The van der Waals surface area contributed by atoms with Gasteiger partial charge in [0.15, 0.2) is 0 Å². The monoisotopic (exact) mass is 346 g/mol. The Morgan fingerprint density at radius 1 is 1.38 bits per heavy atom. The molecule has 1 amide bonds. The highest BCUT2D eigenvalue weighted by molar-refractivity contribution is 7.99. The number of amides is 1. The second-order valence-electron chi connectivity index (χ2n) is 5.75. The van der Waals surface area contributed by atoms with E-state index in [0.717, 1.165) is 17.0 Å². The number of benzene rings is 1. The Kier molecular flexibility index (Phi) is 4.62. The zero-order valence-corrected chi connectivity index (χ0v) is 14.3. The number of thioether (sulfide) groups is 1. The molecule has 126 valence electrons. The molecule has 1 atom stereocenters. The molecule has 0 bridgehead atoms. The quantitative estimate of drug-likeness (QED) is 0.896. The van der Waals surface area contributed by atoms with Crippen LogP contribution in [0, 0.1) is 13.8 Å². The lowest BCUT2D eigenvalue weighted by Crippen LogP contribution is -2.32. The van der Waals surface area contributed by atoms with Crippen LogP contribution in [0.25, 0.3) is 0 Å². The Morgan fingerprint density at radius 3 is 2.79 bits per heavy atom. The van der Waals surface area contributed by atoms with Gasteiger partial charge in [0.1, 0.15) is 11.7 Å². The molecule has 0 aliphatic carbocycles. The molecule has 2 aromatic rings. The molecule has 1 aliphatic heterocycles. The van der Waals surface area contributed by atoms with E-state index >= 15 is 0 Å². The number of para-hydroxylation sites is 1. The summed E-state index contributed by atoms with van der Waals surface area (Å²) in [5.74, 6) is 0.0573. The van der Waals surface area contributed by atoms with E-state index in [4.69, 9.17) is 4.52 Å². The van der Waals surface area contributed by atoms with Crippen molar-refractivity contribution in [1.29, 1.82) is 0 Å². The Morgan fingerprint density at radius 2 is 2.12 bits per heavy atom. The van der Waals surface area contributed by atoms with Crippen molar-refractivity contribution in [2.75, 3.05) is 17.2 Å². The summed E-state index contributed by atoms with van der Waals surface area (Å²) in [6.45, 7) is 3.92. The Labute approximate surface area is 143 Å². The molecule has 1 aromatic heterocycles. The Hall–Kier alpha value is -2.28. The first kappa shape index (κ1) is 16.6. The summed E-state index contributed by atoms with van der Waals surface area (Å²) in [7, 11) is 0. The average Bonchev–Trinajstić information content (AvgIpc) is 3.10. The van der Waals surface area contributed by atoms with Crippen molar-refractivity contribution in [3.63, 3.8) is 0 Å². The van der Waals surface area contributed by atoms with Crippen LogP contribution in [0.2, 0.25) is 0 Å². The highest BCUT2D eigenvalue weighted by atomic mass is 32.2. The molecule has 24 heavy (non-hydrogen) atoms. The number of hydrogen-bond donors (Lipinski definition) is 1. The Balaban J connectivity index is 1.67. The molecular formula is C17H18N2O4S. The van der Waals surface area contributed by atoms with Crippen molar-refractivity contribution in [2.24, 2.45) is 0 Å². The van der Waals surface area contributed by atoms with Crippen molar-refractivity contribution in [3.8, 4) is 0 Å². The number of aromatic nitrogens is 1. The number of carbonyl (C=O) groups excluding carboxylic acids is 1. The minimum absolute atomic E-state index is 0.0806. The molecule has 0 spiro atoms. The first-order valence-electron chi connectivity index (χ1n) is 7.60. The summed E-state index contributed by atoms with van der Waals surface area (Å²) < 4.78 is 5.12. The standard InChI is InChI=1S/C17H18N2O4S/c1-10-14(11(2)23-18-10)8-24-9-16(20)19-7-13(17(21)22)12-5-3-4-6-15(12)19/h3-6,13H,7-9H2,1-2H3,(H,21,22). The van der Waals surface area contributed by atoms with E-state index in [9.17, 15) is 14.7 Å². The maximum absolute atomic E-state index is 12.5. The maximum atomic E-state index is 12.5. The number of carboxylic acid groups (broad SMARTS) is 1. The van der Waals surface area contributed by atoms with E-state index < -0.39 is 11.9 Å². The molecule has 2 heterocycles. The van der Waals surface area contributed by atoms with Crippen LogP contribution in [0.3, 0.4) is 0 Å². The van der Waals surface area contributed by atoms with Crippen LogP contribution in [-0.4, -0.2) is 34.4 Å². The zero-order valence-electron chi connectivity index (χ0n) is 13.5. The maximum Gasteiger partial charge on any atom is 0.312 e. The van der Waals surface area contributed by atoms with Crippen LogP contribution < -0.4 is 4.90 Å². The van der Waals surface area contributed by atoms with Crippen molar-refractivity contribution in [3.05, 3.63) is 46.8 Å². The van der Waals surface area contributed by atoms with E-state index in [1.807, 2.05) is 19.9 Å². The van der Waals surface area contributed by atoms with Crippen LogP contribution in [0.15, 0.2) is 28.8 Å².